The van der Waals surface area contributed by atoms with Crippen LogP contribution >= 0.6 is 0 Å². The average molecular weight is 281 g/mol. The van der Waals surface area contributed by atoms with Gasteiger partial charge in [0.15, 0.2) is 0 Å². The number of nitrogens with one attached hydrogen (secondary N) is 1. The van der Waals surface area contributed by atoms with Gasteiger partial charge in [0.05, 0.1) is 0 Å². The molecule has 0 amide bonds. The van der Waals surface area contributed by atoms with Gasteiger partial charge in [-0.05, 0) is 19.1 Å². The summed E-state index contributed by atoms with van der Waals surface area (Å²) in [5.74, 6) is 0.0426. The van der Waals surface area contributed by atoms with E-state index in [9.17, 15) is 8.42 Å². The SMILES string of the molecule is CCn1cc(S(=O)(=O)Nc2ncccn2)cc1CN. The average Bonchev–Trinajstić information content (AvgIpc) is 2.83. The van der Waals surface area contributed by atoms with E-state index in [4.69, 9.17) is 5.73 Å². The highest BCUT2D eigenvalue weighted by molar-refractivity contribution is 7.92. The second kappa shape index (κ2) is 5.37. The Bertz CT molecular complexity index is 629. The van der Waals surface area contributed by atoms with Crippen LogP contribution in [0.4, 0.5) is 5.95 Å². The lowest BCUT2D eigenvalue weighted by atomic mass is 10.4. The minimum atomic E-state index is -3.69. The molecule has 102 valence electrons. The van der Waals surface area contributed by atoms with Crippen molar-refractivity contribution in [2.75, 3.05) is 4.72 Å². The highest BCUT2D eigenvalue weighted by atomic mass is 32.2. The molecule has 0 fully saturated rings. The molecular weight excluding hydrogens is 266 g/mol. The molecule has 0 saturated heterocycles. The van der Waals surface area contributed by atoms with Gasteiger partial charge >= 0.3 is 0 Å². The first-order chi connectivity index (χ1) is 9.06. The molecule has 0 aliphatic heterocycles. The summed E-state index contributed by atoms with van der Waals surface area (Å²) >= 11 is 0. The summed E-state index contributed by atoms with van der Waals surface area (Å²) in [7, 11) is -3.69. The zero-order chi connectivity index (χ0) is 13.9. The van der Waals surface area contributed by atoms with Gasteiger partial charge in [0.25, 0.3) is 10.0 Å². The molecule has 0 saturated carbocycles. The zero-order valence-corrected chi connectivity index (χ0v) is 11.3. The van der Waals surface area contributed by atoms with Crippen molar-refractivity contribution < 1.29 is 8.42 Å². The van der Waals surface area contributed by atoms with Crippen molar-refractivity contribution in [2.45, 2.75) is 24.9 Å². The zero-order valence-electron chi connectivity index (χ0n) is 10.4. The fraction of sp³-hybridized carbons (Fsp3) is 0.273. The molecule has 2 heterocycles. The molecule has 7 nitrogen and oxygen atoms in total. The van der Waals surface area contributed by atoms with Crippen LogP contribution in [0.15, 0.2) is 35.6 Å². The molecule has 19 heavy (non-hydrogen) atoms. The van der Waals surface area contributed by atoms with E-state index in [1.165, 1.54) is 12.4 Å². The second-order valence-corrected chi connectivity index (χ2v) is 5.52. The maximum Gasteiger partial charge on any atom is 0.265 e. The minimum Gasteiger partial charge on any atom is -0.349 e. The lowest BCUT2D eigenvalue weighted by Crippen LogP contribution is -2.14. The summed E-state index contributed by atoms with van der Waals surface area (Å²) in [5, 5.41) is 0. The predicted octanol–water partition coefficient (Wildman–Crippen LogP) is 0.558. The van der Waals surface area contributed by atoms with Gasteiger partial charge in [-0.25, -0.2) is 23.1 Å². The predicted molar refractivity (Wildman–Crippen MR) is 70.8 cm³/mol. The van der Waals surface area contributed by atoms with Crippen molar-refractivity contribution in [3.8, 4) is 0 Å². The van der Waals surface area contributed by atoms with Gasteiger partial charge in [0, 0.05) is 37.4 Å². The fourth-order valence-corrected chi connectivity index (χ4v) is 2.69. The monoisotopic (exact) mass is 281 g/mol. The van der Waals surface area contributed by atoms with Crippen molar-refractivity contribution in [2.24, 2.45) is 5.73 Å². The van der Waals surface area contributed by atoms with E-state index in [-0.39, 0.29) is 17.4 Å². The number of anilines is 1. The molecule has 0 bridgehead atoms. The molecule has 0 radical (unpaired) electrons. The van der Waals surface area contributed by atoms with Gasteiger partial charge in [-0.2, -0.15) is 0 Å². The topological polar surface area (TPSA) is 103 Å². The van der Waals surface area contributed by atoms with Crippen molar-refractivity contribution in [3.63, 3.8) is 0 Å². The van der Waals surface area contributed by atoms with Gasteiger partial charge in [-0.3, -0.25) is 0 Å². The first-order valence-corrected chi connectivity index (χ1v) is 7.24. The molecule has 2 aromatic rings. The number of sulfonamides is 1. The first kappa shape index (κ1) is 13.5. The maximum atomic E-state index is 12.2. The van der Waals surface area contributed by atoms with E-state index >= 15 is 0 Å². The van der Waals surface area contributed by atoms with Crippen LogP contribution < -0.4 is 10.5 Å². The Hall–Kier alpha value is -1.93. The lowest BCUT2D eigenvalue weighted by Gasteiger charge is -2.03. The Labute approximate surface area is 111 Å². The number of rotatable bonds is 5. The smallest absolute Gasteiger partial charge is 0.265 e. The third-order valence-electron chi connectivity index (χ3n) is 2.61. The van der Waals surface area contributed by atoms with Gasteiger partial charge in [0.1, 0.15) is 4.90 Å². The quantitative estimate of drug-likeness (QED) is 0.833. The highest BCUT2D eigenvalue weighted by Gasteiger charge is 2.18. The third kappa shape index (κ3) is 2.91. The van der Waals surface area contributed by atoms with Crippen LogP contribution in [0.3, 0.4) is 0 Å². The summed E-state index contributed by atoms with van der Waals surface area (Å²) in [6.07, 6.45) is 4.48. The third-order valence-corrected chi connectivity index (χ3v) is 3.91. The van der Waals surface area contributed by atoms with E-state index in [0.29, 0.717) is 6.54 Å². The molecule has 0 aromatic carbocycles. The van der Waals surface area contributed by atoms with E-state index in [2.05, 4.69) is 14.7 Å². The van der Waals surface area contributed by atoms with Crippen molar-refractivity contribution in [3.05, 3.63) is 36.4 Å². The normalized spacial score (nSPS) is 11.5. The Morgan fingerprint density at radius 2 is 2.05 bits per heavy atom. The second-order valence-electron chi connectivity index (χ2n) is 3.84. The Kier molecular flexibility index (Phi) is 3.82. The Morgan fingerprint density at radius 3 is 2.58 bits per heavy atom. The van der Waals surface area contributed by atoms with E-state index in [1.54, 1.807) is 22.9 Å². The molecule has 0 atom stereocenters. The summed E-state index contributed by atoms with van der Waals surface area (Å²) in [6.45, 7) is 2.86. The largest absolute Gasteiger partial charge is 0.349 e. The maximum absolute atomic E-state index is 12.2. The van der Waals surface area contributed by atoms with Crippen LogP contribution in [-0.4, -0.2) is 23.0 Å². The van der Waals surface area contributed by atoms with Crippen LogP contribution in [0.25, 0.3) is 0 Å². The van der Waals surface area contributed by atoms with Crippen molar-refractivity contribution in [1.29, 1.82) is 0 Å². The molecule has 0 aliphatic carbocycles. The molecule has 8 heteroatoms. The van der Waals surface area contributed by atoms with E-state index < -0.39 is 10.0 Å². The molecule has 2 rings (SSSR count). The number of aromatic nitrogens is 3. The summed E-state index contributed by atoms with van der Waals surface area (Å²) in [4.78, 5) is 7.81. The van der Waals surface area contributed by atoms with Gasteiger partial charge in [0.2, 0.25) is 5.95 Å². The first-order valence-electron chi connectivity index (χ1n) is 5.75. The van der Waals surface area contributed by atoms with Crippen LogP contribution in [0.1, 0.15) is 12.6 Å². The molecule has 0 unspecified atom stereocenters. The Morgan fingerprint density at radius 1 is 1.37 bits per heavy atom. The number of nitrogens with zero attached hydrogens (tertiary/aromatic N) is 3. The van der Waals surface area contributed by atoms with E-state index in [0.717, 1.165) is 5.69 Å². The summed E-state index contributed by atoms with van der Waals surface area (Å²) in [5.41, 5.74) is 6.34. The lowest BCUT2D eigenvalue weighted by molar-refractivity contribution is 0.600. The molecule has 3 N–H and O–H groups in total. The molecule has 0 spiro atoms. The van der Waals surface area contributed by atoms with Crippen LogP contribution in [0.2, 0.25) is 0 Å². The standard InChI is InChI=1S/C11H15N5O2S/c1-2-16-8-10(6-9(16)7-12)19(17,18)15-11-13-4-3-5-14-11/h3-6,8H,2,7,12H2,1H3,(H,13,14,15). The fourth-order valence-electron chi connectivity index (χ4n) is 1.67. The van der Waals surface area contributed by atoms with Gasteiger partial charge in [-0.1, -0.05) is 0 Å². The number of aryl methyl sites for hydroxylation is 1. The van der Waals surface area contributed by atoms with Crippen molar-refractivity contribution >= 4 is 16.0 Å². The number of hydrogen-bond donors (Lipinski definition) is 2. The van der Waals surface area contributed by atoms with Gasteiger partial charge in [-0.15, -0.1) is 0 Å². The number of hydrogen-bond acceptors (Lipinski definition) is 5. The Balaban J connectivity index is 2.32. The summed E-state index contributed by atoms with van der Waals surface area (Å²) in [6, 6.07) is 3.16. The molecule has 0 aliphatic rings. The van der Waals surface area contributed by atoms with Crippen molar-refractivity contribution in [1.82, 2.24) is 14.5 Å². The van der Waals surface area contributed by atoms with Crippen LogP contribution in [0, 0.1) is 0 Å². The van der Waals surface area contributed by atoms with Gasteiger partial charge < -0.3 is 10.3 Å². The highest BCUT2D eigenvalue weighted by Crippen LogP contribution is 2.16. The van der Waals surface area contributed by atoms with Crippen LogP contribution in [-0.2, 0) is 23.1 Å². The molecular formula is C11H15N5O2S. The number of nitrogens with two attached hydrogens (primary N) is 1. The van der Waals surface area contributed by atoms with E-state index in [1.807, 2.05) is 6.92 Å². The minimum absolute atomic E-state index is 0.0426. The summed E-state index contributed by atoms with van der Waals surface area (Å²) < 4.78 is 28.4. The molecule has 2 aromatic heterocycles. The van der Waals surface area contributed by atoms with Crippen LogP contribution in [0.5, 0.6) is 0 Å².